The van der Waals surface area contributed by atoms with E-state index in [9.17, 15) is 4.79 Å². The van der Waals surface area contributed by atoms with Gasteiger partial charge in [0, 0.05) is 12.1 Å². The third-order valence-corrected chi connectivity index (χ3v) is 4.62. The summed E-state index contributed by atoms with van der Waals surface area (Å²) in [6.07, 6.45) is 4.18. The number of piperidine rings is 1. The summed E-state index contributed by atoms with van der Waals surface area (Å²) in [5, 5.41) is 6.49. The van der Waals surface area contributed by atoms with E-state index in [2.05, 4.69) is 17.6 Å². The van der Waals surface area contributed by atoms with Crippen LogP contribution < -0.4 is 10.6 Å². The molecular weight excluding hydrogens is 292 g/mol. The molecule has 1 aliphatic rings. The molecule has 112 valence electrons. The number of benzene rings is 1. The number of hydrogen-bond acceptors (Lipinski definition) is 3. The molecule has 0 aliphatic carbocycles. The molecule has 3 nitrogen and oxygen atoms in total. The van der Waals surface area contributed by atoms with E-state index in [1.807, 2.05) is 36.6 Å². The first-order chi connectivity index (χ1) is 9.22. The Morgan fingerprint density at radius 2 is 2.10 bits per heavy atom. The first-order valence-corrected chi connectivity index (χ1v) is 8.12. The normalized spacial score (nSPS) is 23.5. The van der Waals surface area contributed by atoms with E-state index < -0.39 is 0 Å². The zero-order valence-electron chi connectivity index (χ0n) is 12.0. The fourth-order valence-electron chi connectivity index (χ4n) is 2.52. The molecule has 3 atom stereocenters. The molecular formula is C15H23ClN2OS. The average Bonchev–Trinajstić information content (AvgIpc) is 2.43. The highest BCUT2D eigenvalue weighted by atomic mass is 35.5. The van der Waals surface area contributed by atoms with Crippen LogP contribution in [0.1, 0.15) is 30.6 Å². The predicted octanol–water partition coefficient (Wildman–Crippen LogP) is 2.77. The Bertz CT molecular complexity index is 416. The lowest BCUT2D eigenvalue weighted by Crippen LogP contribution is -2.52. The minimum absolute atomic E-state index is 0. The number of hydrogen-bond donors (Lipinski definition) is 2. The minimum atomic E-state index is -0.115. The summed E-state index contributed by atoms with van der Waals surface area (Å²) in [5.74, 6) is 0.124. The van der Waals surface area contributed by atoms with E-state index in [4.69, 9.17) is 0 Å². The second-order valence-electron chi connectivity index (χ2n) is 5.03. The van der Waals surface area contributed by atoms with Gasteiger partial charge >= 0.3 is 0 Å². The van der Waals surface area contributed by atoms with Gasteiger partial charge in [0.15, 0.2) is 0 Å². The van der Waals surface area contributed by atoms with Crippen molar-refractivity contribution in [3.05, 3.63) is 35.9 Å². The Labute approximate surface area is 131 Å². The average molecular weight is 315 g/mol. The molecule has 0 bridgehead atoms. The zero-order valence-corrected chi connectivity index (χ0v) is 13.6. The van der Waals surface area contributed by atoms with E-state index in [0.29, 0.717) is 6.04 Å². The smallest absolute Gasteiger partial charge is 0.237 e. The standard InChI is InChI=1S/C15H22N2OS.ClH/c1-11-13(9-6-10-16-11)17-15(18)14(19-2)12-7-4-3-5-8-12;/h3-5,7-8,11,13-14,16H,6,9-10H2,1-2H3,(H,17,18);1H. The summed E-state index contributed by atoms with van der Waals surface area (Å²) in [7, 11) is 0. The number of halogens is 1. The van der Waals surface area contributed by atoms with E-state index in [1.54, 1.807) is 11.8 Å². The maximum atomic E-state index is 12.4. The zero-order chi connectivity index (χ0) is 13.7. The number of carbonyl (C=O) groups is 1. The molecule has 1 saturated heterocycles. The molecule has 1 heterocycles. The molecule has 1 amide bonds. The number of carbonyl (C=O) groups excluding carboxylic acids is 1. The highest BCUT2D eigenvalue weighted by molar-refractivity contribution is 7.99. The molecule has 20 heavy (non-hydrogen) atoms. The summed E-state index contributed by atoms with van der Waals surface area (Å²) >= 11 is 1.59. The van der Waals surface area contributed by atoms with E-state index in [-0.39, 0.29) is 29.6 Å². The lowest BCUT2D eigenvalue weighted by molar-refractivity contribution is -0.121. The highest BCUT2D eigenvalue weighted by Gasteiger charge is 2.26. The van der Waals surface area contributed by atoms with Crippen molar-refractivity contribution >= 4 is 30.1 Å². The Balaban J connectivity index is 0.00000200. The first kappa shape index (κ1) is 17.3. The van der Waals surface area contributed by atoms with Gasteiger partial charge in [-0.1, -0.05) is 30.3 Å². The van der Waals surface area contributed by atoms with E-state index in [1.165, 1.54) is 0 Å². The number of amides is 1. The SMILES string of the molecule is CSC(C(=O)NC1CCCNC1C)c1ccccc1.Cl. The molecule has 0 spiro atoms. The molecule has 5 heteroatoms. The number of rotatable bonds is 4. The van der Waals surface area contributed by atoms with Gasteiger partial charge in [-0.15, -0.1) is 24.2 Å². The Morgan fingerprint density at radius 1 is 1.40 bits per heavy atom. The molecule has 0 aromatic heterocycles. The van der Waals surface area contributed by atoms with Crippen molar-refractivity contribution in [1.82, 2.24) is 10.6 Å². The van der Waals surface area contributed by atoms with E-state index in [0.717, 1.165) is 24.9 Å². The third kappa shape index (κ3) is 4.40. The van der Waals surface area contributed by atoms with Crippen molar-refractivity contribution < 1.29 is 4.79 Å². The lowest BCUT2D eigenvalue weighted by Gasteiger charge is -2.31. The van der Waals surface area contributed by atoms with Crippen molar-refractivity contribution in [2.45, 2.75) is 37.1 Å². The quantitative estimate of drug-likeness (QED) is 0.898. The molecule has 0 saturated carbocycles. The monoisotopic (exact) mass is 314 g/mol. The van der Waals surface area contributed by atoms with Crippen LogP contribution in [0.2, 0.25) is 0 Å². The molecule has 1 aromatic rings. The van der Waals surface area contributed by atoms with Crippen LogP contribution in [-0.2, 0) is 4.79 Å². The highest BCUT2D eigenvalue weighted by Crippen LogP contribution is 2.27. The van der Waals surface area contributed by atoms with Gasteiger partial charge in [0.05, 0.1) is 0 Å². The maximum Gasteiger partial charge on any atom is 0.237 e. The molecule has 2 N–H and O–H groups in total. The summed E-state index contributed by atoms with van der Waals surface area (Å²) in [6.45, 7) is 3.19. The summed E-state index contributed by atoms with van der Waals surface area (Å²) < 4.78 is 0. The molecule has 3 unspecified atom stereocenters. The van der Waals surface area contributed by atoms with Gasteiger partial charge in [-0.3, -0.25) is 4.79 Å². The van der Waals surface area contributed by atoms with Gasteiger partial charge in [-0.05, 0) is 38.1 Å². The van der Waals surface area contributed by atoms with Crippen LogP contribution in [-0.4, -0.2) is 30.8 Å². The third-order valence-electron chi connectivity index (χ3n) is 3.67. The van der Waals surface area contributed by atoms with Crippen molar-refractivity contribution in [2.24, 2.45) is 0 Å². The van der Waals surface area contributed by atoms with Gasteiger partial charge in [-0.2, -0.15) is 0 Å². The fourth-order valence-corrected chi connectivity index (χ4v) is 3.23. The summed E-state index contributed by atoms with van der Waals surface area (Å²) in [4.78, 5) is 12.4. The van der Waals surface area contributed by atoms with Crippen LogP contribution in [0.15, 0.2) is 30.3 Å². The summed E-state index contributed by atoms with van der Waals surface area (Å²) in [6, 6.07) is 10.6. The Hall–Kier alpha value is -0.710. The van der Waals surface area contributed by atoms with Gasteiger partial charge in [0.2, 0.25) is 5.91 Å². The molecule has 1 aromatic carbocycles. The maximum absolute atomic E-state index is 12.4. The van der Waals surface area contributed by atoms with Crippen LogP contribution >= 0.6 is 24.2 Å². The van der Waals surface area contributed by atoms with Gasteiger partial charge in [0.25, 0.3) is 0 Å². The first-order valence-electron chi connectivity index (χ1n) is 6.84. The van der Waals surface area contributed by atoms with Crippen molar-refractivity contribution in [3.8, 4) is 0 Å². The minimum Gasteiger partial charge on any atom is -0.351 e. The largest absolute Gasteiger partial charge is 0.351 e. The van der Waals surface area contributed by atoms with E-state index >= 15 is 0 Å². The van der Waals surface area contributed by atoms with Crippen LogP contribution in [0, 0.1) is 0 Å². The number of thioether (sulfide) groups is 1. The fraction of sp³-hybridized carbons (Fsp3) is 0.533. The molecule has 2 rings (SSSR count). The second kappa shape index (κ2) is 8.55. The second-order valence-corrected chi connectivity index (χ2v) is 5.97. The van der Waals surface area contributed by atoms with Crippen LogP contribution in [0.25, 0.3) is 0 Å². The van der Waals surface area contributed by atoms with Crippen LogP contribution in [0.3, 0.4) is 0 Å². The van der Waals surface area contributed by atoms with Gasteiger partial charge < -0.3 is 10.6 Å². The van der Waals surface area contributed by atoms with Gasteiger partial charge in [-0.25, -0.2) is 0 Å². The summed E-state index contributed by atoms with van der Waals surface area (Å²) in [5.41, 5.74) is 1.07. The topological polar surface area (TPSA) is 41.1 Å². The van der Waals surface area contributed by atoms with Crippen molar-refractivity contribution in [1.29, 1.82) is 0 Å². The molecule has 1 fully saturated rings. The van der Waals surface area contributed by atoms with Crippen molar-refractivity contribution in [3.63, 3.8) is 0 Å². The van der Waals surface area contributed by atoms with Crippen molar-refractivity contribution in [2.75, 3.05) is 12.8 Å². The van der Waals surface area contributed by atoms with Crippen LogP contribution in [0.4, 0.5) is 0 Å². The lowest BCUT2D eigenvalue weighted by atomic mass is 9.99. The Kier molecular flexibility index (Phi) is 7.41. The molecule has 1 aliphatic heterocycles. The Morgan fingerprint density at radius 3 is 2.70 bits per heavy atom. The molecule has 0 radical (unpaired) electrons. The van der Waals surface area contributed by atoms with Crippen LogP contribution in [0.5, 0.6) is 0 Å². The number of nitrogens with one attached hydrogen (secondary N) is 2. The predicted molar refractivity (Wildman–Crippen MR) is 88.6 cm³/mol. The van der Waals surface area contributed by atoms with Gasteiger partial charge in [0.1, 0.15) is 5.25 Å².